The van der Waals surface area contributed by atoms with Crippen LogP contribution in [0.15, 0.2) is 23.3 Å². The Kier molecular flexibility index (Phi) is 5.23. The zero-order valence-electron chi connectivity index (χ0n) is 9.43. The van der Waals surface area contributed by atoms with Crippen LogP contribution in [0, 0.1) is 17.7 Å². The van der Waals surface area contributed by atoms with Crippen LogP contribution in [0.3, 0.4) is 0 Å². The Morgan fingerprint density at radius 3 is 3.00 bits per heavy atom. The summed E-state index contributed by atoms with van der Waals surface area (Å²) in [5.74, 6) is 3.91. The largest absolute Gasteiger partial charge is 0.481 e. The Labute approximate surface area is 103 Å². The minimum absolute atomic E-state index is 0.208. The van der Waals surface area contributed by atoms with E-state index in [-0.39, 0.29) is 13.0 Å². The number of hydrogen-bond donors (Lipinski definition) is 1. The number of carboxylic acids is 1. The van der Waals surface area contributed by atoms with Gasteiger partial charge in [-0.3, -0.25) is 4.79 Å². The van der Waals surface area contributed by atoms with Crippen LogP contribution < -0.4 is 0 Å². The fourth-order valence-electron chi connectivity index (χ4n) is 1.29. The summed E-state index contributed by atoms with van der Waals surface area (Å²) in [7, 11) is 0. The minimum atomic E-state index is -1.00. The molecule has 92 valence electrons. The van der Waals surface area contributed by atoms with Crippen molar-refractivity contribution in [3.05, 3.63) is 45.6 Å². The van der Waals surface area contributed by atoms with E-state index in [0.29, 0.717) is 17.5 Å². The topological polar surface area (TPSA) is 86.1 Å². The highest BCUT2D eigenvalue weighted by atomic mass is 19.1. The summed E-state index contributed by atoms with van der Waals surface area (Å²) in [5.41, 5.74) is 8.86. The number of benzene rings is 1. The fourth-order valence-corrected chi connectivity index (χ4v) is 1.29. The van der Waals surface area contributed by atoms with Crippen LogP contribution in [-0.2, 0) is 11.2 Å². The molecule has 1 aromatic carbocycles. The van der Waals surface area contributed by atoms with Crippen molar-refractivity contribution >= 4 is 5.97 Å². The van der Waals surface area contributed by atoms with Crippen LogP contribution in [0.4, 0.5) is 4.39 Å². The van der Waals surface area contributed by atoms with E-state index < -0.39 is 11.8 Å². The van der Waals surface area contributed by atoms with Gasteiger partial charge in [-0.1, -0.05) is 23.0 Å². The van der Waals surface area contributed by atoms with Crippen LogP contribution in [0.25, 0.3) is 10.4 Å². The number of halogens is 1. The van der Waals surface area contributed by atoms with Gasteiger partial charge < -0.3 is 5.11 Å². The number of carboxylic acid groups (broad SMARTS) is 1. The van der Waals surface area contributed by atoms with Gasteiger partial charge in [-0.2, -0.15) is 0 Å². The Bertz CT molecular complexity index is 554. The average Bonchev–Trinajstić information content (AvgIpc) is 2.31. The molecule has 0 aromatic heterocycles. The van der Waals surface area contributed by atoms with Gasteiger partial charge in [-0.05, 0) is 23.2 Å². The third-order valence-corrected chi connectivity index (χ3v) is 2.04. The Morgan fingerprint density at radius 1 is 1.56 bits per heavy atom. The molecular formula is C12H10FN3O2. The normalized spacial score (nSPS) is 8.94. The van der Waals surface area contributed by atoms with E-state index in [1.807, 2.05) is 0 Å². The molecule has 0 aliphatic rings. The maximum absolute atomic E-state index is 13.0. The number of rotatable bonds is 4. The predicted molar refractivity (Wildman–Crippen MR) is 63.2 cm³/mol. The quantitative estimate of drug-likeness (QED) is 0.291. The molecule has 0 saturated heterocycles. The molecule has 5 nitrogen and oxygen atoms in total. The van der Waals surface area contributed by atoms with Crippen molar-refractivity contribution in [3.8, 4) is 11.8 Å². The second-order valence-electron chi connectivity index (χ2n) is 3.38. The van der Waals surface area contributed by atoms with Gasteiger partial charge in [-0.15, -0.1) is 0 Å². The SMILES string of the molecule is [N-]=[N+]=NCCC#Cc1cc(F)ccc1CC(=O)O. The fraction of sp³-hybridized carbons (Fsp3) is 0.250. The Hall–Kier alpha value is -2.51. The van der Waals surface area contributed by atoms with Crippen LogP contribution in [0.1, 0.15) is 17.5 Å². The van der Waals surface area contributed by atoms with E-state index in [1.54, 1.807) is 0 Å². The highest BCUT2D eigenvalue weighted by molar-refractivity contribution is 5.71. The molecule has 0 aliphatic carbocycles. The summed E-state index contributed by atoms with van der Waals surface area (Å²) in [5, 5.41) is 12.0. The van der Waals surface area contributed by atoms with Gasteiger partial charge in [-0.25, -0.2) is 4.39 Å². The van der Waals surface area contributed by atoms with E-state index in [1.165, 1.54) is 18.2 Å². The number of azide groups is 1. The molecule has 0 amide bonds. The lowest BCUT2D eigenvalue weighted by Crippen LogP contribution is -2.02. The Morgan fingerprint density at radius 2 is 2.33 bits per heavy atom. The van der Waals surface area contributed by atoms with Gasteiger partial charge >= 0.3 is 5.97 Å². The van der Waals surface area contributed by atoms with Gasteiger partial charge in [0.25, 0.3) is 0 Å². The summed E-state index contributed by atoms with van der Waals surface area (Å²) >= 11 is 0. The molecule has 1 rings (SSSR count). The van der Waals surface area contributed by atoms with E-state index in [0.717, 1.165) is 0 Å². The van der Waals surface area contributed by atoms with Crippen LogP contribution in [0.2, 0.25) is 0 Å². The van der Waals surface area contributed by atoms with Crippen molar-refractivity contribution in [2.24, 2.45) is 5.11 Å². The third kappa shape index (κ3) is 4.56. The second-order valence-corrected chi connectivity index (χ2v) is 3.38. The summed E-state index contributed by atoms with van der Waals surface area (Å²) in [6.45, 7) is 0.229. The lowest BCUT2D eigenvalue weighted by atomic mass is 10.0. The zero-order valence-corrected chi connectivity index (χ0v) is 9.43. The number of aliphatic carboxylic acids is 1. The maximum atomic E-state index is 13.0. The van der Waals surface area contributed by atoms with Crippen molar-refractivity contribution in [1.29, 1.82) is 0 Å². The highest BCUT2D eigenvalue weighted by Gasteiger charge is 2.06. The molecular weight excluding hydrogens is 237 g/mol. The first kappa shape index (κ1) is 13.6. The first-order valence-corrected chi connectivity index (χ1v) is 5.13. The third-order valence-electron chi connectivity index (χ3n) is 2.04. The second kappa shape index (κ2) is 6.94. The van der Waals surface area contributed by atoms with E-state index in [9.17, 15) is 9.18 Å². The molecule has 0 radical (unpaired) electrons. The highest BCUT2D eigenvalue weighted by Crippen LogP contribution is 2.11. The lowest BCUT2D eigenvalue weighted by molar-refractivity contribution is -0.136. The smallest absolute Gasteiger partial charge is 0.307 e. The summed E-state index contributed by atoms with van der Waals surface area (Å²) in [4.78, 5) is 13.2. The monoisotopic (exact) mass is 247 g/mol. The number of nitrogens with zero attached hydrogens (tertiary/aromatic N) is 3. The van der Waals surface area contributed by atoms with Crippen molar-refractivity contribution in [2.45, 2.75) is 12.8 Å². The first-order chi connectivity index (χ1) is 8.63. The molecule has 0 bridgehead atoms. The molecule has 0 unspecified atom stereocenters. The standard InChI is InChI=1S/C12H10FN3O2/c13-11-5-4-10(8-12(17)18)9(7-11)3-1-2-6-15-16-14/h4-5,7H,2,6,8H2,(H,17,18). The van der Waals surface area contributed by atoms with Crippen molar-refractivity contribution in [1.82, 2.24) is 0 Å². The number of carbonyl (C=O) groups is 1. The van der Waals surface area contributed by atoms with Crippen LogP contribution >= 0.6 is 0 Å². The van der Waals surface area contributed by atoms with E-state index >= 15 is 0 Å². The lowest BCUT2D eigenvalue weighted by Gasteiger charge is -2.01. The average molecular weight is 247 g/mol. The summed E-state index contributed by atoms with van der Waals surface area (Å²) in [6.07, 6.45) is 0.133. The van der Waals surface area contributed by atoms with Crippen molar-refractivity contribution < 1.29 is 14.3 Å². The zero-order chi connectivity index (χ0) is 13.4. The van der Waals surface area contributed by atoms with Gasteiger partial charge in [0.15, 0.2) is 0 Å². The Balaban J connectivity index is 2.87. The molecule has 0 heterocycles. The first-order valence-electron chi connectivity index (χ1n) is 5.13. The molecule has 6 heteroatoms. The molecule has 1 N–H and O–H groups in total. The molecule has 18 heavy (non-hydrogen) atoms. The molecule has 1 aromatic rings. The van der Waals surface area contributed by atoms with Gasteiger partial charge in [0.2, 0.25) is 0 Å². The van der Waals surface area contributed by atoms with Gasteiger partial charge in [0.05, 0.1) is 6.42 Å². The molecule has 0 fully saturated rings. The molecule has 0 aliphatic heterocycles. The van der Waals surface area contributed by atoms with E-state index in [4.69, 9.17) is 10.6 Å². The summed E-state index contributed by atoms with van der Waals surface area (Å²) < 4.78 is 13.0. The van der Waals surface area contributed by atoms with E-state index in [2.05, 4.69) is 21.9 Å². The molecule has 0 spiro atoms. The molecule has 0 atom stereocenters. The minimum Gasteiger partial charge on any atom is -0.481 e. The maximum Gasteiger partial charge on any atom is 0.307 e. The van der Waals surface area contributed by atoms with Crippen molar-refractivity contribution in [2.75, 3.05) is 6.54 Å². The van der Waals surface area contributed by atoms with Gasteiger partial charge in [0, 0.05) is 23.4 Å². The van der Waals surface area contributed by atoms with Gasteiger partial charge in [0.1, 0.15) is 5.82 Å². The number of hydrogen-bond acceptors (Lipinski definition) is 2. The van der Waals surface area contributed by atoms with Crippen LogP contribution in [-0.4, -0.2) is 17.6 Å². The predicted octanol–water partition coefficient (Wildman–Crippen LogP) is 2.50. The summed E-state index contributed by atoms with van der Waals surface area (Å²) in [6, 6.07) is 3.79. The molecule has 0 saturated carbocycles. The van der Waals surface area contributed by atoms with Crippen LogP contribution in [0.5, 0.6) is 0 Å². The van der Waals surface area contributed by atoms with Crippen molar-refractivity contribution in [3.63, 3.8) is 0 Å².